The van der Waals surface area contributed by atoms with E-state index in [2.05, 4.69) is 26.6 Å². The Morgan fingerprint density at radius 3 is 2.63 bits per heavy atom. The minimum atomic E-state index is -0.478. The molecule has 0 aliphatic rings. The number of benzene rings is 2. The second-order valence-electron chi connectivity index (χ2n) is 3.69. The second kappa shape index (κ2) is 6.04. The molecule has 0 heterocycles. The average molecular weight is 344 g/mol. The summed E-state index contributed by atoms with van der Waals surface area (Å²) in [5.74, 6) is -0.415. The standard InChI is InChI=1S/C13H9BrClFN2O/c14-12-10(15)5-2-6-11(12)18-13(19)17-9-4-1-3-8(16)7-9/h1-7H,(H2,17,18,19). The highest BCUT2D eigenvalue weighted by atomic mass is 79.9. The second-order valence-corrected chi connectivity index (χ2v) is 4.89. The van der Waals surface area contributed by atoms with E-state index in [1.807, 2.05) is 0 Å². The summed E-state index contributed by atoms with van der Waals surface area (Å²) in [6, 6.07) is 10.3. The van der Waals surface area contributed by atoms with Gasteiger partial charge in [-0.3, -0.25) is 0 Å². The van der Waals surface area contributed by atoms with Crippen molar-refractivity contribution < 1.29 is 9.18 Å². The number of anilines is 2. The molecule has 0 aromatic heterocycles. The third-order valence-electron chi connectivity index (χ3n) is 2.28. The van der Waals surface area contributed by atoms with Gasteiger partial charge in [-0.05, 0) is 46.3 Å². The van der Waals surface area contributed by atoms with Crippen LogP contribution in [0, 0.1) is 5.82 Å². The summed E-state index contributed by atoms with van der Waals surface area (Å²) in [5.41, 5.74) is 0.900. The normalized spacial score (nSPS) is 10.1. The van der Waals surface area contributed by atoms with Crippen molar-refractivity contribution in [1.29, 1.82) is 0 Å². The van der Waals surface area contributed by atoms with Crippen molar-refractivity contribution in [1.82, 2.24) is 0 Å². The van der Waals surface area contributed by atoms with E-state index in [1.54, 1.807) is 24.3 Å². The minimum Gasteiger partial charge on any atom is -0.308 e. The topological polar surface area (TPSA) is 41.1 Å². The van der Waals surface area contributed by atoms with Gasteiger partial charge in [-0.2, -0.15) is 0 Å². The Morgan fingerprint density at radius 1 is 1.16 bits per heavy atom. The Kier molecular flexibility index (Phi) is 4.39. The van der Waals surface area contributed by atoms with E-state index < -0.39 is 11.8 Å². The summed E-state index contributed by atoms with van der Waals surface area (Å²) in [7, 11) is 0. The van der Waals surface area contributed by atoms with Gasteiger partial charge in [0.15, 0.2) is 0 Å². The molecule has 0 unspecified atom stereocenters. The quantitative estimate of drug-likeness (QED) is 0.801. The first kappa shape index (κ1) is 13.8. The third kappa shape index (κ3) is 3.68. The van der Waals surface area contributed by atoms with Crippen LogP contribution in [-0.2, 0) is 0 Å². The first-order valence-electron chi connectivity index (χ1n) is 5.34. The van der Waals surface area contributed by atoms with Gasteiger partial charge < -0.3 is 10.6 Å². The van der Waals surface area contributed by atoms with Gasteiger partial charge in [0.05, 0.1) is 15.2 Å². The van der Waals surface area contributed by atoms with Crippen molar-refractivity contribution in [3.63, 3.8) is 0 Å². The van der Waals surface area contributed by atoms with Crippen molar-refractivity contribution in [2.24, 2.45) is 0 Å². The Labute approximate surface area is 122 Å². The molecule has 0 fully saturated rings. The third-order valence-corrected chi connectivity index (χ3v) is 3.68. The largest absolute Gasteiger partial charge is 0.323 e. The number of carbonyl (C=O) groups excluding carboxylic acids is 1. The fourth-order valence-corrected chi connectivity index (χ4v) is 1.99. The van der Waals surface area contributed by atoms with E-state index in [-0.39, 0.29) is 0 Å². The van der Waals surface area contributed by atoms with Crippen LogP contribution in [0.25, 0.3) is 0 Å². The molecule has 0 saturated heterocycles. The molecule has 98 valence electrons. The molecule has 0 radical (unpaired) electrons. The maximum atomic E-state index is 13.0. The number of urea groups is 1. The number of rotatable bonds is 2. The van der Waals surface area contributed by atoms with Crippen LogP contribution < -0.4 is 10.6 Å². The molecule has 0 aliphatic heterocycles. The predicted molar refractivity (Wildman–Crippen MR) is 78.2 cm³/mol. The zero-order valence-electron chi connectivity index (χ0n) is 9.58. The molecule has 2 amide bonds. The molecule has 2 N–H and O–H groups in total. The van der Waals surface area contributed by atoms with Crippen molar-refractivity contribution in [3.05, 3.63) is 57.8 Å². The van der Waals surface area contributed by atoms with Crippen molar-refractivity contribution in [2.45, 2.75) is 0 Å². The summed E-state index contributed by atoms with van der Waals surface area (Å²) in [6.07, 6.45) is 0. The van der Waals surface area contributed by atoms with E-state index in [1.165, 1.54) is 18.2 Å². The van der Waals surface area contributed by atoms with E-state index in [9.17, 15) is 9.18 Å². The van der Waals surface area contributed by atoms with E-state index in [0.717, 1.165) is 0 Å². The molecule has 6 heteroatoms. The van der Waals surface area contributed by atoms with E-state index >= 15 is 0 Å². The fraction of sp³-hybridized carbons (Fsp3) is 0. The van der Waals surface area contributed by atoms with Gasteiger partial charge in [0.1, 0.15) is 5.82 Å². The maximum absolute atomic E-state index is 13.0. The van der Waals surface area contributed by atoms with Crippen LogP contribution in [0.5, 0.6) is 0 Å². The highest BCUT2D eigenvalue weighted by molar-refractivity contribution is 9.10. The van der Waals surface area contributed by atoms with Crippen LogP contribution in [0.3, 0.4) is 0 Å². The Morgan fingerprint density at radius 2 is 1.89 bits per heavy atom. The fourth-order valence-electron chi connectivity index (χ4n) is 1.45. The molecule has 3 nitrogen and oxygen atoms in total. The SMILES string of the molecule is O=C(Nc1cccc(F)c1)Nc1cccc(Cl)c1Br. The molecule has 2 rings (SSSR count). The lowest BCUT2D eigenvalue weighted by molar-refractivity contribution is 0.262. The summed E-state index contributed by atoms with van der Waals surface area (Å²) >= 11 is 9.18. The molecule has 19 heavy (non-hydrogen) atoms. The number of nitrogens with one attached hydrogen (secondary N) is 2. The number of carbonyl (C=O) groups is 1. The van der Waals surface area contributed by atoms with Gasteiger partial charge >= 0.3 is 6.03 Å². The number of hydrogen-bond acceptors (Lipinski definition) is 1. The zero-order chi connectivity index (χ0) is 13.8. The lowest BCUT2D eigenvalue weighted by Crippen LogP contribution is -2.19. The van der Waals surface area contributed by atoms with Crippen LogP contribution in [0.1, 0.15) is 0 Å². The summed E-state index contributed by atoms with van der Waals surface area (Å²) in [4.78, 5) is 11.7. The van der Waals surface area contributed by atoms with Gasteiger partial charge in [0.25, 0.3) is 0 Å². The van der Waals surface area contributed by atoms with E-state index in [0.29, 0.717) is 20.9 Å². The number of amides is 2. The lowest BCUT2D eigenvalue weighted by Gasteiger charge is -2.09. The summed E-state index contributed by atoms with van der Waals surface area (Å²) in [5, 5.41) is 5.63. The van der Waals surface area contributed by atoms with Gasteiger partial charge in [-0.1, -0.05) is 23.7 Å². The monoisotopic (exact) mass is 342 g/mol. The van der Waals surface area contributed by atoms with E-state index in [4.69, 9.17) is 11.6 Å². The molecule has 0 spiro atoms. The van der Waals surface area contributed by atoms with Crippen molar-refractivity contribution in [3.8, 4) is 0 Å². The Balaban J connectivity index is 2.08. The summed E-state index contributed by atoms with van der Waals surface area (Å²) < 4.78 is 13.6. The zero-order valence-corrected chi connectivity index (χ0v) is 11.9. The average Bonchev–Trinajstić information content (AvgIpc) is 2.35. The number of hydrogen-bond donors (Lipinski definition) is 2. The van der Waals surface area contributed by atoms with Gasteiger partial charge in [-0.25, -0.2) is 9.18 Å². The molecule has 0 saturated carbocycles. The van der Waals surface area contributed by atoms with Crippen LogP contribution in [-0.4, -0.2) is 6.03 Å². The Hall–Kier alpha value is -1.59. The summed E-state index contributed by atoms with van der Waals surface area (Å²) in [6.45, 7) is 0. The number of halogens is 3. The molecule has 0 aliphatic carbocycles. The smallest absolute Gasteiger partial charge is 0.308 e. The van der Waals surface area contributed by atoms with Crippen LogP contribution >= 0.6 is 27.5 Å². The highest BCUT2D eigenvalue weighted by Crippen LogP contribution is 2.30. The minimum absolute atomic E-state index is 0.371. The first-order valence-corrected chi connectivity index (χ1v) is 6.51. The first-order chi connectivity index (χ1) is 9.06. The van der Waals surface area contributed by atoms with Crippen LogP contribution in [0.2, 0.25) is 5.02 Å². The molecule has 2 aromatic carbocycles. The Bertz CT molecular complexity index is 621. The molecule has 0 atom stereocenters. The molecule has 2 aromatic rings. The van der Waals surface area contributed by atoms with Crippen molar-refractivity contribution in [2.75, 3.05) is 10.6 Å². The van der Waals surface area contributed by atoms with Gasteiger partial charge in [-0.15, -0.1) is 0 Å². The maximum Gasteiger partial charge on any atom is 0.323 e. The predicted octanol–water partition coefficient (Wildman–Crippen LogP) is 4.89. The molecular formula is C13H9BrClFN2O. The van der Waals surface area contributed by atoms with Crippen LogP contribution in [0.15, 0.2) is 46.9 Å². The molecule has 0 bridgehead atoms. The molecular weight excluding hydrogens is 335 g/mol. The van der Waals surface area contributed by atoms with Gasteiger partial charge in [0.2, 0.25) is 0 Å². The van der Waals surface area contributed by atoms with Crippen LogP contribution in [0.4, 0.5) is 20.6 Å². The van der Waals surface area contributed by atoms with Gasteiger partial charge in [0, 0.05) is 5.69 Å². The van der Waals surface area contributed by atoms with Crippen molar-refractivity contribution >= 4 is 44.9 Å². The highest BCUT2D eigenvalue weighted by Gasteiger charge is 2.08. The lowest BCUT2D eigenvalue weighted by atomic mass is 10.3.